The van der Waals surface area contributed by atoms with Gasteiger partial charge in [0.25, 0.3) is 0 Å². The highest BCUT2D eigenvalue weighted by molar-refractivity contribution is 5.33. The van der Waals surface area contributed by atoms with Gasteiger partial charge in [0.2, 0.25) is 0 Å². The van der Waals surface area contributed by atoms with E-state index in [-0.39, 0.29) is 0 Å². The van der Waals surface area contributed by atoms with Crippen molar-refractivity contribution in [1.29, 1.82) is 5.26 Å². The highest BCUT2D eigenvalue weighted by Gasteiger charge is 2.20. The van der Waals surface area contributed by atoms with Crippen LogP contribution in [0, 0.1) is 17.2 Å². The molecule has 0 atom stereocenters. The zero-order chi connectivity index (χ0) is 13.5. The quantitative estimate of drug-likeness (QED) is 0.761. The van der Waals surface area contributed by atoms with E-state index in [1.807, 2.05) is 12.1 Å². The predicted octanol–water partition coefficient (Wildman–Crippen LogP) is 4.03. The van der Waals surface area contributed by atoms with Crippen molar-refractivity contribution in [3.8, 4) is 6.07 Å². The van der Waals surface area contributed by atoms with Gasteiger partial charge in [-0.15, -0.1) is 0 Å². The van der Waals surface area contributed by atoms with Gasteiger partial charge in [0.1, 0.15) is 0 Å². The Labute approximate surface area is 115 Å². The second kappa shape index (κ2) is 7.11. The molecule has 0 bridgehead atoms. The van der Waals surface area contributed by atoms with E-state index in [9.17, 15) is 0 Å². The van der Waals surface area contributed by atoms with Gasteiger partial charge < -0.3 is 4.74 Å². The second-order valence-corrected chi connectivity index (χ2v) is 5.23. The first-order valence-corrected chi connectivity index (χ1v) is 6.99. The summed E-state index contributed by atoms with van der Waals surface area (Å²) in [6.07, 6.45) is 9.43. The van der Waals surface area contributed by atoms with E-state index < -0.39 is 0 Å². The predicted molar refractivity (Wildman–Crippen MR) is 76.9 cm³/mol. The van der Waals surface area contributed by atoms with E-state index >= 15 is 0 Å². The van der Waals surface area contributed by atoms with E-state index in [2.05, 4.69) is 30.4 Å². The first-order valence-electron chi connectivity index (χ1n) is 6.99. The van der Waals surface area contributed by atoms with Gasteiger partial charge in [-0.05, 0) is 55.2 Å². The fourth-order valence-electron chi connectivity index (χ4n) is 2.82. The number of hydrogen-bond donors (Lipinski definition) is 0. The van der Waals surface area contributed by atoms with E-state index in [0.29, 0.717) is 11.8 Å². The Bertz CT molecular complexity index is 447. The Morgan fingerprint density at radius 1 is 1.21 bits per heavy atom. The first kappa shape index (κ1) is 13.8. The van der Waals surface area contributed by atoms with Crippen molar-refractivity contribution in [2.24, 2.45) is 5.92 Å². The van der Waals surface area contributed by atoms with Crippen LogP contribution in [-0.4, -0.2) is 13.7 Å². The van der Waals surface area contributed by atoms with Gasteiger partial charge in [0, 0.05) is 7.11 Å². The molecule has 2 nitrogen and oxygen atoms in total. The summed E-state index contributed by atoms with van der Waals surface area (Å²) in [7, 11) is 1.73. The standard InChI is InChI=1S/C17H21NO/c1-19-12-2-3-14-4-8-16(9-5-14)17-10-6-15(13-18)7-11-17/h2-3,6-7,10-11,14,16H,4-5,8-9,12H2,1H3/b3-2+. The average Bonchev–Trinajstić information content (AvgIpc) is 2.48. The van der Waals surface area contributed by atoms with Gasteiger partial charge in [-0.2, -0.15) is 5.26 Å². The van der Waals surface area contributed by atoms with Crippen LogP contribution in [0.4, 0.5) is 0 Å². The van der Waals surface area contributed by atoms with Crippen molar-refractivity contribution in [1.82, 2.24) is 0 Å². The van der Waals surface area contributed by atoms with Crippen LogP contribution in [-0.2, 0) is 4.74 Å². The fraction of sp³-hybridized carbons (Fsp3) is 0.471. The maximum atomic E-state index is 8.81. The molecule has 0 N–H and O–H groups in total. The van der Waals surface area contributed by atoms with E-state index in [1.165, 1.54) is 31.2 Å². The number of nitrogens with zero attached hydrogens (tertiary/aromatic N) is 1. The number of nitriles is 1. The lowest BCUT2D eigenvalue weighted by molar-refractivity contribution is 0.233. The molecule has 0 aromatic heterocycles. The Hall–Kier alpha value is -1.59. The van der Waals surface area contributed by atoms with Crippen LogP contribution in [0.15, 0.2) is 36.4 Å². The normalized spacial score (nSPS) is 23.4. The van der Waals surface area contributed by atoms with E-state index in [4.69, 9.17) is 10.00 Å². The molecule has 0 amide bonds. The van der Waals surface area contributed by atoms with Crippen molar-refractivity contribution >= 4 is 0 Å². The Balaban J connectivity index is 1.87. The minimum atomic E-state index is 0.666. The third-order valence-corrected chi connectivity index (χ3v) is 3.95. The van der Waals surface area contributed by atoms with Crippen molar-refractivity contribution in [2.75, 3.05) is 13.7 Å². The largest absolute Gasteiger partial charge is 0.381 e. The highest BCUT2D eigenvalue weighted by atomic mass is 16.5. The first-order chi connectivity index (χ1) is 9.33. The van der Waals surface area contributed by atoms with Gasteiger partial charge in [0.05, 0.1) is 18.2 Å². The van der Waals surface area contributed by atoms with Crippen molar-refractivity contribution in [3.63, 3.8) is 0 Å². The van der Waals surface area contributed by atoms with Crippen LogP contribution in [0.5, 0.6) is 0 Å². The van der Waals surface area contributed by atoms with Gasteiger partial charge in [-0.25, -0.2) is 0 Å². The number of ether oxygens (including phenoxy) is 1. The molecule has 100 valence electrons. The Morgan fingerprint density at radius 2 is 1.89 bits per heavy atom. The lowest BCUT2D eigenvalue weighted by atomic mass is 9.78. The lowest BCUT2D eigenvalue weighted by Crippen LogP contribution is -2.11. The van der Waals surface area contributed by atoms with Gasteiger partial charge in [-0.3, -0.25) is 0 Å². The smallest absolute Gasteiger partial charge is 0.0991 e. The van der Waals surface area contributed by atoms with Gasteiger partial charge in [0.15, 0.2) is 0 Å². The third kappa shape index (κ3) is 3.94. The summed E-state index contributed by atoms with van der Waals surface area (Å²) < 4.78 is 5.03. The van der Waals surface area contributed by atoms with Crippen LogP contribution in [0.3, 0.4) is 0 Å². The molecule has 0 saturated heterocycles. The number of methoxy groups -OCH3 is 1. The summed E-state index contributed by atoms with van der Waals surface area (Å²) in [6, 6.07) is 10.3. The molecule has 1 aliphatic rings. The molecule has 1 fully saturated rings. The summed E-state index contributed by atoms with van der Waals surface area (Å²) in [5.74, 6) is 1.38. The lowest BCUT2D eigenvalue weighted by Gasteiger charge is -2.27. The summed E-state index contributed by atoms with van der Waals surface area (Å²) in [5.41, 5.74) is 2.14. The average molecular weight is 255 g/mol. The molecule has 1 aliphatic carbocycles. The number of hydrogen-bond acceptors (Lipinski definition) is 2. The maximum Gasteiger partial charge on any atom is 0.0991 e. The zero-order valence-corrected chi connectivity index (χ0v) is 11.5. The summed E-state index contributed by atoms with van der Waals surface area (Å²) >= 11 is 0. The number of allylic oxidation sites excluding steroid dienone is 1. The molecular weight excluding hydrogens is 234 g/mol. The van der Waals surface area contributed by atoms with E-state index in [0.717, 1.165) is 12.2 Å². The molecule has 2 heteroatoms. The summed E-state index contributed by atoms with van der Waals surface area (Å²) in [6.45, 7) is 0.718. The summed E-state index contributed by atoms with van der Waals surface area (Å²) in [5, 5.41) is 8.81. The second-order valence-electron chi connectivity index (χ2n) is 5.23. The molecule has 1 aromatic carbocycles. The fourth-order valence-corrected chi connectivity index (χ4v) is 2.82. The topological polar surface area (TPSA) is 33.0 Å². The van der Waals surface area contributed by atoms with Crippen LogP contribution in [0.25, 0.3) is 0 Å². The molecule has 0 aliphatic heterocycles. The van der Waals surface area contributed by atoms with Crippen LogP contribution < -0.4 is 0 Å². The molecule has 0 radical (unpaired) electrons. The third-order valence-electron chi connectivity index (χ3n) is 3.95. The van der Waals surface area contributed by atoms with Crippen molar-refractivity contribution in [3.05, 3.63) is 47.5 Å². The molecule has 0 unspecified atom stereocenters. The Morgan fingerprint density at radius 3 is 2.47 bits per heavy atom. The van der Waals surface area contributed by atoms with Gasteiger partial charge in [-0.1, -0.05) is 24.3 Å². The van der Waals surface area contributed by atoms with Crippen molar-refractivity contribution < 1.29 is 4.74 Å². The molecule has 19 heavy (non-hydrogen) atoms. The number of benzene rings is 1. The molecule has 2 rings (SSSR count). The van der Waals surface area contributed by atoms with Crippen LogP contribution >= 0.6 is 0 Å². The SMILES string of the molecule is COC/C=C/C1CCC(c2ccc(C#N)cc2)CC1. The van der Waals surface area contributed by atoms with Gasteiger partial charge >= 0.3 is 0 Å². The Kier molecular flexibility index (Phi) is 5.18. The number of rotatable bonds is 4. The zero-order valence-electron chi connectivity index (χ0n) is 11.5. The van der Waals surface area contributed by atoms with Crippen molar-refractivity contribution in [2.45, 2.75) is 31.6 Å². The summed E-state index contributed by atoms with van der Waals surface area (Å²) in [4.78, 5) is 0. The molecule has 0 heterocycles. The molecular formula is C17H21NO. The molecule has 1 saturated carbocycles. The molecule has 0 spiro atoms. The highest BCUT2D eigenvalue weighted by Crippen LogP contribution is 2.36. The monoisotopic (exact) mass is 255 g/mol. The van der Waals surface area contributed by atoms with Crippen LogP contribution in [0.1, 0.15) is 42.7 Å². The van der Waals surface area contributed by atoms with E-state index in [1.54, 1.807) is 7.11 Å². The van der Waals surface area contributed by atoms with Crippen LogP contribution in [0.2, 0.25) is 0 Å². The maximum absolute atomic E-state index is 8.81. The minimum absolute atomic E-state index is 0.666. The molecule has 1 aromatic rings. The minimum Gasteiger partial charge on any atom is -0.381 e.